The molecule has 0 saturated heterocycles. The Morgan fingerprint density at radius 1 is 0.400 bits per heavy atom. The second kappa shape index (κ2) is 22.8. The van der Waals surface area contributed by atoms with Crippen molar-refractivity contribution in [2.45, 2.75) is 209 Å². The molecule has 0 radical (unpaired) electrons. The zero-order valence-electron chi connectivity index (χ0n) is 46.3. The van der Waals surface area contributed by atoms with E-state index in [0.29, 0.717) is 30.7 Å². The summed E-state index contributed by atoms with van der Waals surface area (Å²) in [6.45, 7) is 37.4. The summed E-state index contributed by atoms with van der Waals surface area (Å²) in [5.41, 5.74) is 3.95. The first-order valence-corrected chi connectivity index (χ1v) is 25.4. The summed E-state index contributed by atoms with van der Waals surface area (Å²) in [6, 6.07) is 11.7. The highest BCUT2D eigenvalue weighted by Gasteiger charge is 2.38. The van der Waals surface area contributed by atoms with Crippen molar-refractivity contribution in [1.29, 1.82) is 0 Å². The maximum absolute atomic E-state index is 13.7. The molecule has 0 spiro atoms. The van der Waals surface area contributed by atoms with E-state index in [2.05, 4.69) is 0 Å². The van der Waals surface area contributed by atoms with Gasteiger partial charge in [0.15, 0.2) is 5.05 Å². The molecular formula is C59H88O10S. The Labute approximate surface area is 426 Å². The van der Waals surface area contributed by atoms with Gasteiger partial charge in [0.2, 0.25) is 0 Å². The molecule has 3 N–H and O–H groups in total. The first-order chi connectivity index (χ1) is 31.8. The number of phenolic OH excluding ortho intramolecular Hbond substituents is 3. The number of benzene rings is 3. The Morgan fingerprint density at radius 3 is 0.786 bits per heavy atom. The highest BCUT2D eigenvalue weighted by molar-refractivity contribution is 7.80. The van der Waals surface area contributed by atoms with Crippen LogP contribution in [0.25, 0.3) is 0 Å². The average Bonchev–Trinajstić information content (AvgIpc) is 3.21. The van der Waals surface area contributed by atoms with E-state index >= 15 is 0 Å². The van der Waals surface area contributed by atoms with Crippen molar-refractivity contribution in [1.82, 2.24) is 0 Å². The molecule has 0 aliphatic heterocycles. The molecule has 390 valence electrons. The lowest BCUT2D eigenvalue weighted by Crippen LogP contribution is -2.44. The van der Waals surface area contributed by atoms with Gasteiger partial charge in [0.05, 0.1) is 0 Å². The summed E-state index contributed by atoms with van der Waals surface area (Å²) < 4.78 is 24.0. The maximum atomic E-state index is 13.7. The van der Waals surface area contributed by atoms with Gasteiger partial charge in [-0.25, -0.2) is 0 Å². The van der Waals surface area contributed by atoms with E-state index in [1.165, 1.54) is 0 Å². The SMILES string of the molecule is CCC(=S)OCC(COC(=O)CCc1cc(C(C)(C)C)c(O)c(C(C)(C)C)c1)(COC(=O)CCc1cc(C(C)(C)C)c(O)c(C(C)(C)C)c1)COC(=O)CCc1cc(C(C)(C)C)c(O)c(C(C)(C)C)c1. The molecule has 0 fully saturated rings. The lowest BCUT2D eigenvalue weighted by Gasteiger charge is -2.32. The van der Waals surface area contributed by atoms with E-state index in [-0.39, 0.29) is 95.4 Å². The molecule has 0 heterocycles. The average molecular weight is 989 g/mol. The number of hydrogen-bond donors (Lipinski definition) is 3. The Balaban J connectivity index is 1.96. The van der Waals surface area contributed by atoms with Crippen molar-refractivity contribution in [3.63, 3.8) is 0 Å². The Bertz CT molecular complexity index is 1980. The minimum absolute atomic E-state index is 0.0152. The molecule has 3 rings (SSSR count). The van der Waals surface area contributed by atoms with Gasteiger partial charge in [-0.15, -0.1) is 0 Å². The second-order valence-electron chi connectivity index (χ2n) is 25.6. The van der Waals surface area contributed by atoms with Gasteiger partial charge in [-0.3, -0.25) is 14.4 Å². The third-order valence-electron chi connectivity index (χ3n) is 12.7. The quantitative estimate of drug-likeness (QED) is 0.0635. The number of aryl methyl sites for hydroxylation is 3. The predicted molar refractivity (Wildman–Crippen MR) is 286 cm³/mol. The molecule has 0 aliphatic carbocycles. The number of carbonyl (C=O) groups is 3. The van der Waals surface area contributed by atoms with Crippen LogP contribution in [0.2, 0.25) is 0 Å². The van der Waals surface area contributed by atoms with Crippen molar-refractivity contribution in [3.8, 4) is 17.2 Å². The van der Waals surface area contributed by atoms with E-state index in [1.54, 1.807) is 0 Å². The molecule has 0 bridgehead atoms. The van der Waals surface area contributed by atoms with Gasteiger partial charge < -0.3 is 34.3 Å². The zero-order chi connectivity index (χ0) is 53.6. The molecule has 3 aromatic carbocycles. The van der Waals surface area contributed by atoms with Crippen LogP contribution in [0.1, 0.15) is 207 Å². The molecule has 11 heteroatoms. The Kier molecular flexibility index (Phi) is 19.5. The number of rotatable bonds is 18. The van der Waals surface area contributed by atoms with Crippen LogP contribution in [-0.4, -0.2) is 64.7 Å². The topological polar surface area (TPSA) is 149 Å². The van der Waals surface area contributed by atoms with E-state index < -0.39 is 23.3 Å². The predicted octanol–water partition coefficient (Wildman–Crippen LogP) is 13.2. The summed E-state index contributed by atoms with van der Waals surface area (Å²) in [5.74, 6) is -0.789. The van der Waals surface area contributed by atoms with Crippen LogP contribution in [0.5, 0.6) is 17.2 Å². The largest absolute Gasteiger partial charge is 0.507 e. The first kappa shape index (κ1) is 59.7. The summed E-state index contributed by atoms with van der Waals surface area (Å²) in [5, 5.41) is 34.1. The summed E-state index contributed by atoms with van der Waals surface area (Å²) in [4.78, 5) is 41.2. The molecule has 70 heavy (non-hydrogen) atoms. The van der Waals surface area contributed by atoms with Gasteiger partial charge in [0.1, 0.15) is 49.1 Å². The van der Waals surface area contributed by atoms with E-state index in [4.69, 9.17) is 31.2 Å². The van der Waals surface area contributed by atoms with Crippen molar-refractivity contribution in [2.75, 3.05) is 26.4 Å². The smallest absolute Gasteiger partial charge is 0.306 e. The van der Waals surface area contributed by atoms with E-state index in [9.17, 15) is 29.7 Å². The minimum atomic E-state index is -1.34. The Hall–Kier alpha value is -4.64. The number of hydrogen-bond acceptors (Lipinski definition) is 11. The third-order valence-corrected chi connectivity index (χ3v) is 13.1. The van der Waals surface area contributed by atoms with Crippen LogP contribution in [0.4, 0.5) is 0 Å². The monoisotopic (exact) mass is 989 g/mol. The van der Waals surface area contributed by atoms with Crippen molar-refractivity contribution in [2.24, 2.45) is 5.41 Å². The van der Waals surface area contributed by atoms with Crippen LogP contribution < -0.4 is 0 Å². The normalized spacial score (nSPS) is 13.0. The van der Waals surface area contributed by atoms with Gasteiger partial charge in [-0.2, -0.15) is 0 Å². The summed E-state index contributed by atoms with van der Waals surface area (Å²) >= 11 is 5.47. The van der Waals surface area contributed by atoms with Crippen LogP contribution >= 0.6 is 12.2 Å². The molecule has 0 atom stereocenters. The number of aromatic hydroxyl groups is 3. The molecule has 3 aromatic rings. The molecule has 0 saturated carbocycles. The molecular weight excluding hydrogens is 901 g/mol. The lowest BCUT2D eigenvalue weighted by atomic mass is 9.78. The molecule has 0 aromatic heterocycles. The minimum Gasteiger partial charge on any atom is -0.507 e. The van der Waals surface area contributed by atoms with Crippen molar-refractivity contribution < 1.29 is 48.7 Å². The van der Waals surface area contributed by atoms with Crippen molar-refractivity contribution in [3.05, 3.63) is 86.5 Å². The van der Waals surface area contributed by atoms with Crippen LogP contribution in [0.3, 0.4) is 0 Å². The van der Waals surface area contributed by atoms with Crippen molar-refractivity contribution >= 4 is 35.2 Å². The highest BCUT2D eigenvalue weighted by Crippen LogP contribution is 2.43. The third kappa shape index (κ3) is 17.0. The number of esters is 3. The molecule has 10 nitrogen and oxygen atoms in total. The number of ether oxygens (including phenoxy) is 4. The number of carbonyl (C=O) groups excluding carboxylic acids is 3. The fourth-order valence-corrected chi connectivity index (χ4v) is 8.25. The second-order valence-corrected chi connectivity index (χ2v) is 26.1. The number of thiocarbonyl (C=S) groups is 1. The van der Waals surface area contributed by atoms with Crippen LogP contribution in [0.15, 0.2) is 36.4 Å². The fourth-order valence-electron chi connectivity index (χ4n) is 8.19. The maximum Gasteiger partial charge on any atom is 0.306 e. The highest BCUT2D eigenvalue weighted by atomic mass is 32.1. The zero-order valence-corrected chi connectivity index (χ0v) is 47.2. The summed E-state index contributed by atoms with van der Waals surface area (Å²) in [7, 11) is 0. The van der Waals surface area contributed by atoms with E-state index in [1.807, 2.05) is 168 Å². The lowest BCUT2D eigenvalue weighted by molar-refractivity contribution is -0.164. The summed E-state index contributed by atoms with van der Waals surface area (Å²) in [6.07, 6.45) is 1.49. The van der Waals surface area contributed by atoms with Gasteiger partial charge in [-0.05, 0) is 114 Å². The van der Waals surface area contributed by atoms with Gasteiger partial charge in [0.25, 0.3) is 0 Å². The molecule has 0 unspecified atom stereocenters. The van der Waals surface area contributed by atoms with Crippen LogP contribution in [-0.2, 0) is 85.1 Å². The van der Waals surface area contributed by atoms with Gasteiger partial charge >= 0.3 is 17.9 Å². The number of phenols is 3. The standard InChI is InChI=1S/C59H88O10S/c1-20-49(70)69-36-59(33-66-46(60)24-21-37-27-40(53(2,3)4)50(63)41(28-37)54(5,6)7,34-67-47(61)25-22-38-29-42(55(8,9)10)51(64)43(30-38)56(11,12)13)35-68-48(62)26-23-39-31-44(57(14,15)16)52(65)45(32-39)58(17,18)19/h27-32,63-65H,20-26,33-36H2,1-19H3. The molecule has 0 aliphatic rings. The molecule has 0 amide bonds. The van der Waals surface area contributed by atoms with Gasteiger partial charge in [0, 0.05) is 25.7 Å². The van der Waals surface area contributed by atoms with Gasteiger partial charge in [-0.1, -0.05) is 168 Å². The fraction of sp³-hybridized carbons (Fsp3) is 0.627. The first-order valence-electron chi connectivity index (χ1n) is 25.0. The van der Waals surface area contributed by atoms with Crippen LogP contribution in [0, 0.1) is 5.41 Å². The van der Waals surface area contributed by atoms with E-state index in [0.717, 1.165) is 50.1 Å². The Morgan fingerprint density at radius 2 is 0.600 bits per heavy atom.